The van der Waals surface area contributed by atoms with Crippen molar-refractivity contribution in [2.75, 3.05) is 12.4 Å². The third-order valence-electron chi connectivity index (χ3n) is 4.87. The molecule has 2 aromatic carbocycles. The first-order valence-corrected chi connectivity index (χ1v) is 12.8. The van der Waals surface area contributed by atoms with Crippen LogP contribution in [0.5, 0.6) is 5.75 Å². The second-order valence-corrected chi connectivity index (χ2v) is 10.5. The van der Waals surface area contributed by atoms with E-state index in [9.17, 15) is 9.59 Å². The number of hydrogen-bond donors (Lipinski definition) is 3. The van der Waals surface area contributed by atoms with E-state index in [0.29, 0.717) is 17.0 Å². The first-order valence-electron chi connectivity index (χ1n) is 10.3. The van der Waals surface area contributed by atoms with Crippen LogP contribution in [0, 0.1) is 0 Å². The van der Waals surface area contributed by atoms with Crippen LogP contribution < -0.4 is 26.3 Å². The molecule has 0 aliphatic heterocycles. The Bertz CT molecular complexity index is 968. The van der Waals surface area contributed by atoms with Gasteiger partial charge in [0.2, 0.25) is 5.91 Å². The van der Waals surface area contributed by atoms with Crippen molar-refractivity contribution in [2.45, 2.75) is 38.5 Å². The molecule has 0 fully saturated rings. The van der Waals surface area contributed by atoms with Crippen molar-refractivity contribution in [1.29, 1.82) is 0 Å². The van der Waals surface area contributed by atoms with Crippen molar-refractivity contribution in [3.63, 3.8) is 0 Å². The summed E-state index contributed by atoms with van der Waals surface area (Å²) in [6.45, 7) is 7.75. The van der Waals surface area contributed by atoms with Crippen molar-refractivity contribution in [1.82, 2.24) is 5.32 Å². The molecule has 0 aliphatic carbocycles. The van der Waals surface area contributed by atoms with Crippen molar-refractivity contribution >= 4 is 37.7 Å². The van der Waals surface area contributed by atoms with Crippen LogP contribution in [0.4, 0.5) is 5.69 Å². The molecule has 2 aromatic rings. The Balaban J connectivity index is 2.28. The molecule has 7 nitrogen and oxygen atoms in total. The predicted molar refractivity (Wildman–Crippen MR) is 132 cm³/mol. The minimum atomic E-state index is -1.09. The zero-order chi connectivity index (χ0) is 23.7. The number of nitrogens with one attached hydrogen (secondary N) is 2. The molecular formula is C24H31N4O3Si. The summed E-state index contributed by atoms with van der Waals surface area (Å²) in [5, 5.41) is 7.01. The lowest BCUT2D eigenvalue weighted by atomic mass is 10.0. The van der Waals surface area contributed by atoms with E-state index in [1.165, 1.54) is 23.7 Å². The van der Waals surface area contributed by atoms with Crippen LogP contribution in [-0.2, 0) is 9.59 Å². The van der Waals surface area contributed by atoms with E-state index in [0.717, 1.165) is 0 Å². The topological polar surface area (TPSA) is 106 Å². The van der Waals surface area contributed by atoms with Crippen molar-refractivity contribution in [2.24, 2.45) is 10.7 Å². The van der Waals surface area contributed by atoms with Crippen LogP contribution in [0.3, 0.4) is 0 Å². The predicted octanol–water partition coefficient (Wildman–Crippen LogP) is 2.77. The molecule has 0 spiro atoms. The second kappa shape index (κ2) is 11.3. The molecule has 2 amide bonds. The van der Waals surface area contributed by atoms with Gasteiger partial charge >= 0.3 is 0 Å². The number of rotatable bonds is 9. The van der Waals surface area contributed by atoms with Gasteiger partial charge in [-0.2, -0.15) is 0 Å². The van der Waals surface area contributed by atoms with Gasteiger partial charge in [-0.15, -0.1) is 0 Å². The average molecular weight is 452 g/mol. The number of benzene rings is 2. The SMILES string of the molecule is COc1ccc(C(NC(=O)C(C)(C)N=CC=CN)C(=O)Nc2ccc([Si](C)C)cc2)cc1. The van der Waals surface area contributed by atoms with Crippen molar-refractivity contribution < 1.29 is 14.3 Å². The number of carbonyl (C=O) groups excluding carboxylic acids is 2. The highest BCUT2D eigenvalue weighted by molar-refractivity contribution is 6.70. The van der Waals surface area contributed by atoms with E-state index in [-0.39, 0.29) is 5.91 Å². The lowest BCUT2D eigenvalue weighted by Gasteiger charge is -2.24. The molecule has 1 atom stereocenters. The standard InChI is InChI=1S/C24H31N4O3Si/c1-24(2,26-16-6-15-25)23(30)28-21(17-7-11-19(31-3)12-8-17)22(29)27-18-9-13-20(14-10-18)32(4)5/h6-16,21H,25H2,1-5H3,(H,27,29)(H,28,30). The van der Waals surface area contributed by atoms with Gasteiger partial charge in [-0.25, -0.2) is 0 Å². The number of anilines is 1. The first kappa shape index (κ1) is 24.9. The number of nitrogens with zero attached hydrogens (tertiary/aromatic N) is 1. The highest BCUT2D eigenvalue weighted by Gasteiger charge is 2.31. The average Bonchev–Trinajstić information content (AvgIpc) is 2.77. The van der Waals surface area contributed by atoms with E-state index in [1.807, 2.05) is 24.3 Å². The summed E-state index contributed by atoms with van der Waals surface area (Å²) < 4.78 is 5.20. The van der Waals surface area contributed by atoms with Crippen LogP contribution in [0.1, 0.15) is 25.5 Å². The monoisotopic (exact) mass is 451 g/mol. The molecule has 169 valence electrons. The molecule has 32 heavy (non-hydrogen) atoms. The summed E-state index contributed by atoms with van der Waals surface area (Å²) in [5.74, 6) is -0.0869. The van der Waals surface area contributed by atoms with Gasteiger partial charge in [0.05, 0.1) is 15.9 Å². The number of amides is 2. The largest absolute Gasteiger partial charge is 0.497 e. The number of hydrogen-bond acceptors (Lipinski definition) is 5. The fourth-order valence-electron chi connectivity index (χ4n) is 2.84. The Labute approximate surface area is 191 Å². The molecule has 0 saturated heterocycles. The van der Waals surface area contributed by atoms with Gasteiger partial charge in [0.1, 0.15) is 17.3 Å². The molecule has 8 heteroatoms. The molecule has 0 saturated carbocycles. The minimum Gasteiger partial charge on any atom is -0.497 e. The van der Waals surface area contributed by atoms with Crippen LogP contribution in [0.2, 0.25) is 13.1 Å². The molecule has 2 rings (SSSR count). The lowest BCUT2D eigenvalue weighted by Crippen LogP contribution is -2.46. The molecule has 0 heterocycles. The van der Waals surface area contributed by atoms with E-state index in [4.69, 9.17) is 10.5 Å². The first-order chi connectivity index (χ1) is 15.2. The maximum Gasteiger partial charge on any atom is 0.251 e. The highest BCUT2D eigenvalue weighted by Crippen LogP contribution is 2.21. The molecule has 0 aromatic heterocycles. The minimum absolute atomic E-state index is 0.351. The molecular weight excluding hydrogens is 420 g/mol. The number of ether oxygens (including phenoxy) is 1. The Hall–Kier alpha value is -3.39. The maximum atomic E-state index is 13.2. The quantitative estimate of drug-likeness (QED) is 0.403. The van der Waals surface area contributed by atoms with Gasteiger partial charge in [-0.3, -0.25) is 14.6 Å². The van der Waals surface area contributed by atoms with E-state index in [2.05, 4.69) is 28.7 Å². The van der Waals surface area contributed by atoms with E-state index in [1.54, 1.807) is 45.2 Å². The zero-order valence-corrected chi connectivity index (χ0v) is 20.2. The Morgan fingerprint density at radius 1 is 1.09 bits per heavy atom. The smallest absolute Gasteiger partial charge is 0.251 e. The van der Waals surface area contributed by atoms with Crippen LogP contribution in [0.15, 0.2) is 65.8 Å². The summed E-state index contributed by atoms with van der Waals surface area (Å²) in [4.78, 5) is 30.4. The summed E-state index contributed by atoms with van der Waals surface area (Å²) in [6, 6.07) is 13.9. The third kappa shape index (κ3) is 6.81. The van der Waals surface area contributed by atoms with E-state index < -0.39 is 26.3 Å². The molecule has 0 bridgehead atoms. The molecule has 1 unspecified atom stereocenters. The van der Waals surface area contributed by atoms with Gasteiger partial charge in [0.15, 0.2) is 0 Å². The molecule has 1 radical (unpaired) electrons. The number of carbonyl (C=O) groups is 2. The number of methoxy groups -OCH3 is 1. The fraction of sp³-hybridized carbons (Fsp3) is 0.292. The summed E-state index contributed by atoms with van der Waals surface area (Å²) in [7, 11) is 0.999. The van der Waals surface area contributed by atoms with Gasteiger partial charge in [-0.1, -0.05) is 42.5 Å². The van der Waals surface area contributed by atoms with Crippen LogP contribution >= 0.6 is 0 Å². The zero-order valence-electron chi connectivity index (χ0n) is 19.2. The van der Waals surface area contributed by atoms with Gasteiger partial charge in [0.25, 0.3) is 5.91 Å². The Morgan fingerprint density at radius 3 is 2.25 bits per heavy atom. The summed E-state index contributed by atoms with van der Waals surface area (Å²) >= 11 is 0. The second-order valence-electron chi connectivity index (χ2n) is 7.97. The number of nitrogens with two attached hydrogens (primary N) is 1. The van der Waals surface area contributed by atoms with Gasteiger partial charge < -0.3 is 21.1 Å². The van der Waals surface area contributed by atoms with Crippen molar-refractivity contribution in [3.8, 4) is 5.75 Å². The maximum absolute atomic E-state index is 13.2. The molecule has 0 aliphatic rings. The van der Waals surface area contributed by atoms with Crippen LogP contribution in [-0.4, -0.2) is 39.5 Å². The molecule has 4 N–H and O–H groups in total. The third-order valence-corrected chi connectivity index (χ3v) is 6.35. The summed E-state index contributed by atoms with van der Waals surface area (Å²) in [5.41, 5.74) is 5.52. The summed E-state index contributed by atoms with van der Waals surface area (Å²) in [6.07, 6.45) is 4.32. The van der Waals surface area contributed by atoms with Crippen molar-refractivity contribution in [3.05, 3.63) is 66.4 Å². The Kier molecular flexibility index (Phi) is 8.77. The number of aliphatic imine (C=N–C) groups is 1. The fourth-order valence-corrected chi connectivity index (χ4v) is 3.68. The van der Waals surface area contributed by atoms with Gasteiger partial charge in [-0.05, 0) is 56.0 Å². The lowest BCUT2D eigenvalue weighted by molar-refractivity contribution is -0.129. The van der Waals surface area contributed by atoms with Gasteiger partial charge in [0, 0.05) is 11.9 Å². The van der Waals surface area contributed by atoms with E-state index >= 15 is 0 Å². The normalized spacial score (nSPS) is 12.8. The van der Waals surface area contributed by atoms with Crippen LogP contribution in [0.25, 0.3) is 0 Å². The Morgan fingerprint density at radius 2 is 1.72 bits per heavy atom. The number of allylic oxidation sites excluding steroid dienone is 1. The highest BCUT2D eigenvalue weighted by atomic mass is 28.3.